The highest BCUT2D eigenvalue weighted by Gasteiger charge is 2.28. The number of sulfonamides is 1. The maximum absolute atomic E-state index is 14.9. The Morgan fingerprint density at radius 3 is 2.07 bits per heavy atom. The lowest BCUT2D eigenvalue weighted by Crippen LogP contribution is -2.30. The molecule has 45 heavy (non-hydrogen) atoms. The Bertz CT molecular complexity index is 1760. The smallest absolute Gasteiger partial charge is 0.337 e. The van der Waals surface area contributed by atoms with Crippen LogP contribution < -0.4 is 19.5 Å². The van der Waals surface area contributed by atoms with E-state index in [-0.39, 0.29) is 18.0 Å². The van der Waals surface area contributed by atoms with Gasteiger partial charge in [-0.15, -0.1) is 0 Å². The summed E-state index contributed by atoms with van der Waals surface area (Å²) in [5.41, 5.74) is 1.39. The zero-order chi connectivity index (χ0) is 32.6. The van der Waals surface area contributed by atoms with Gasteiger partial charge in [0.25, 0.3) is 5.91 Å². The third kappa shape index (κ3) is 7.97. The molecule has 1 N–H and O–H groups in total. The Balaban J connectivity index is 1.68. The van der Waals surface area contributed by atoms with Gasteiger partial charge in [-0.2, -0.15) is 4.31 Å². The number of rotatable bonds is 13. The van der Waals surface area contributed by atoms with Crippen molar-refractivity contribution < 1.29 is 41.3 Å². The molecule has 1 amide bonds. The Morgan fingerprint density at radius 2 is 1.44 bits per heavy atom. The minimum Gasteiger partial charge on any atom is -0.494 e. The fraction of sp³-hybridized carbons (Fsp3) is 0.212. The van der Waals surface area contributed by atoms with E-state index >= 15 is 0 Å². The topological polar surface area (TPSA) is 120 Å². The quantitative estimate of drug-likeness (QED) is 0.187. The third-order valence-electron chi connectivity index (χ3n) is 6.78. The highest BCUT2D eigenvalue weighted by Crippen LogP contribution is 2.30. The van der Waals surface area contributed by atoms with E-state index < -0.39 is 33.3 Å². The molecule has 4 aromatic rings. The number of ether oxygens (including phenoxy) is 4. The van der Waals surface area contributed by atoms with Crippen LogP contribution in [0.5, 0.6) is 17.2 Å². The normalized spacial score (nSPS) is 11.2. The molecular formula is C33H33FN2O8S. The molecular weight excluding hydrogens is 603 g/mol. The van der Waals surface area contributed by atoms with Gasteiger partial charge in [-0.25, -0.2) is 17.6 Å². The molecule has 0 aliphatic heterocycles. The largest absolute Gasteiger partial charge is 0.494 e. The van der Waals surface area contributed by atoms with E-state index in [1.165, 1.54) is 37.8 Å². The van der Waals surface area contributed by atoms with E-state index in [1.54, 1.807) is 54.6 Å². The van der Waals surface area contributed by atoms with Gasteiger partial charge in [0.15, 0.2) is 11.5 Å². The first-order valence-corrected chi connectivity index (χ1v) is 15.3. The van der Waals surface area contributed by atoms with Gasteiger partial charge >= 0.3 is 5.97 Å². The molecule has 236 valence electrons. The number of carbonyl (C=O) groups excluding carboxylic acids is 2. The Labute approximate surface area is 261 Å². The maximum Gasteiger partial charge on any atom is 0.337 e. The number of hydrogen-bond acceptors (Lipinski definition) is 8. The number of carbonyl (C=O) groups is 2. The summed E-state index contributed by atoms with van der Waals surface area (Å²) in [6, 6.07) is 20.9. The first-order chi connectivity index (χ1) is 21.6. The zero-order valence-electron chi connectivity index (χ0n) is 25.2. The number of benzene rings is 4. The van der Waals surface area contributed by atoms with Crippen LogP contribution in [0.15, 0.2) is 89.8 Å². The molecule has 4 aromatic carbocycles. The van der Waals surface area contributed by atoms with Gasteiger partial charge in [0.2, 0.25) is 10.0 Å². The molecule has 0 aliphatic carbocycles. The molecule has 0 unspecified atom stereocenters. The number of anilines is 1. The van der Waals surface area contributed by atoms with Crippen molar-refractivity contribution >= 4 is 27.6 Å². The van der Waals surface area contributed by atoms with Gasteiger partial charge in [0.1, 0.15) is 11.6 Å². The molecule has 0 bridgehead atoms. The maximum atomic E-state index is 14.9. The zero-order valence-corrected chi connectivity index (χ0v) is 26.0. The molecule has 0 spiro atoms. The Morgan fingerprint density at radius 1 is 0.800 bits per heavy atom. The first kappa shape index (κ1) is 33.0. The van der Waals surface area contributed by atoms with Crippen molar-refractivity contribution in [3.8, 4) is 17.2 Å². The van der Waals surface area contributed by atoms with Gasteiger partial charge in [0, 0.05) is 18.8 Å². The van der Waals surface area contributed by atoms with Crippen molar-refractivity contribution in [1.29, 1.82) is 0 Å². The molecule has 0 heterocycles. The lowest BCUT2D eigenvalue weighted by atomic mass is 10.1. The van der Waals surface area contributed by atoms with E-state index in [2.05, 4.69) is 5.32 Å². The Kier molecular flexibility index (Phi) is 10.8. The van der Waals surface area contributed by atoms with Gasteiger partial charge in [0.05, 0.1) is 44.0 Å². The number of nitrogens with zero attached hydrogens (tertiary/aromatic N) is 1. The van der Waals surface area contributed by atoms with Crippen LogP contribution in [0.2, 0.25) is 0 Å². The SMILES string of the molecule is CCOc1ccc(NC(=O)c2cc(S(=O)(=O)N(Cc3ccc(C(=O)OC)cc3)Cc3ccc(OC)c(OC)c3)ccc2F)cc1. The summed E-state index contributed by atoms with van der Waals surface area (Å²) in [5, 5.41) is 2.59. The average molecular weight is 637 g/mol. The molecule has 0 radical (unpaired) electrons. The fourth-order valence-electron chi connectivity index (χ4n) is 4.46. The van der Waals surface area contributed by atoms with Crippen LogP contribution in [0.1, 0.15) is 38.8 Å². The first-order valence-electron chi connectivity index (χ1n) is 13.8. The minimum absolute atomic E-state index is 0.105. The molecule has 10 nitrogen and oxygen atoms in total. The number of halogens is 1. The van der Waals surface area contributed by atoms with E-state index in [1.807, 2.05) is 6.92 Å². The summed E-state index contributed by atoms with van der Waals surface area (Å²) < 4.78 is 65.1. The molecule has 0 saturated carbocycles. The standard InChI is InChI=1S/C33H33FN2O8S/c1-5-44-26-13-11-25(12-14-26)35-32(37)28-19-27(15-16-29(28)34)45(39,40)36(20-22-6-9-24(10-7-22)33(38)43-4)21-23-8-17-30(41-2)31(18-23)42-3/h6-19H,5,20-21H2,1-4H3,(H,35,37). The number of nitrogens with one attached hydrogen (secondary N) is 1. The van der Waals surface area contributed by atoms with E-state index in [9.17, 15) is 22.4 Å². The number of hydrogen-bond donors (Lipinski definition) is 1. The third-order valence-corrected chi connectivity index (χ3v) is 8.57. The lowest BCUT2D eigenvalue weighted by molar-refractivity contribution is 0.0600. The molecule has 4 rings (SSSR count). The molecule has 0 saturated heterocycles. The second kappa shape index (κ2) is 14.7. The summed E-state index contributed by atoms with van der Waals surface area (Å²) in [7, 11) is -0.0879. The second-order valence-corrected chi connectivity index (χ2v) is 11.6. The van der Waals surface area contributed by atoms with Crippen LogP contribution >= 0.6 is 0 Å². The Hall–Kier alpha value is -4.94. The van der Waals surface area contributed by atoms with Crippen LogP contribution in [0.3, 0.4) is 0 Å². The van der Waals surface area contributed by atoms with Gasteiger partial charge in [-0.1, -0.05) is 18.2 Å². The number of esters is 1. The van der Waals surface area contributed by atoms with Crippen LogP contribution in [0.4, 0.5) is 10.1 Å². The lowest BCUT2D eigenvalue weighted by Gasteiger charge is -2.23. The highest BCUT2D eigenvalue weighted by atomic mass is 32.2. The average Bonchev–Trinajstić information content (AvgIpc) is 3.05. The van der Waals surface area contributed by atoms with E-state index in [4.69, 9.17) is 18.9 Å². The predicted octanol–water partition coefficient (Wildman–Crippen LogP) is 5.67. The molecule has 0 aliphatic rings. The van der Waals surface area contributed by atoms with Crippen molar-refractivity contribution in [2.24, 2.45) is 0 Å². The second-order valence-electron chi connectivity index (χ2n) is 9.70. The van der Waals surface area contributed by atoms with Crippen LogP contribution in [0, 0.1) is 5.82 Å². The monoisotopic (exact) mass is 636 g/mol. The summed E-state index contributed by atoms with van der Waals surface area (Å²) >= 11 is 0. The summed E-state index contributed by atoms with van der Waals surface area (Å²) in [6.07, 6.45) is 0. The minimum atomic E-state index is -4.31. The van der Waals surface area contributed by atoms with Crippen LogP contribution in [-0.2, 0) is 27.8 Å². The molecule has 0 aromatic heterocycles. The summed E-state index contributed by atoms with van der Waals surface area (Å²) in [5.74, 6) is -0.760. The van der Waals surface area contributed by atoms with Crippen molar-refractivity contribution in [1.82, 2.24) is 4.31 Å². The van der Waals surface area contributed by atoms with Crippen molar-refractivity contribution in [3.63, 3.8) is 0 Å². The number of amides is 1. The fourth-order valence-corrected chi connectivity index (χ4v) is 5.91. The van der Waals surface area contributed by atoms with Gasteiger partial charge < -0.3 is 24.3 Å². The summed E-state index contributed by atoms with van der Waals surface area (Å²) in [4.78, 5) is 24.7. The molecule has 0 atom stereocenters. The number of methoxy groups -OCH3 is 3. The van der Waals surface area contributed by atoms with E-state index in [0.717, 1.165) is 18.2 Å². The van der Waals surface area contributed by atoms with Crippen molar-refractivity contribution in [2.45, 2.75) is 24.9 Å². The molecule has 0 fully saturated rings. The van der Waals surface area contributed by atoms with Crippen LogP contribution in [-0.4, -0.2) is 52.5 Å². The van der Waals surface area contributed by atoms with Gasteiger partial charge in [-0.3, -0.25) is 4.79 Å². The molecule has 12 heteroatoms. The van der Waals surface area contributed by atoms with Crippen molar-refractivity contribution in [2.75, 3.05) is 33.3 Å². The predicted molar refractivity (Wildman–Crippen MR) is 166 cm³/mol. The van der Waals surface area contributed by atoms with Crippen LogP contribution in [0.25, 0.3) is 0 Å². The van der Waals surface area contributed by atoms with Crippen molar-refractivity contribution in [3.05, 3.63) is 113 Å². The highest BCUT2D eigenvalue weighted by molar-refractivity contribution is 7.89. The summed E-state index contributed by atoms with van der Waals surface area (Å²) in [6.45, 7) is 2.10. The van der Waals surface area contributed by atoms with E-state index in [0.29, 0.717) is 46.2 Å². The van der Waals surface area contributed by atoms with Gasteiger partial charge in [-0.05, 0) is 84.8 Å².